The van der Waals surface area contributed by atoms with Gasteiger partial charge in [-0.1, -0.05) is 0 Å². The van der Waals surface area contributed by atoms with E-state index >= 15 is 0 Å². The van der Waals surface area contributed by atoms with E-state index in [-0.39, 0.29) is 5.78 Å². The lowest BCUT2D eigenvalue weighted by atomic mass is 9.86. The number of esters is 1. The Morgan fingerprint density at radius 1 is 1.56 bits per heavy atom. The number of aromatic nitrogens is 2. The first-order chi connectivity index (χ1) is 8.54. The topological polar surface area (TPSA) is 61.2 Å². The van der Waals surface area contributed by atoms with E-state index in [1.807, 2.05) is 14.0 Å². The lowest BCUT2D eigenvalue weighted by Gasteiger charge is -2.19. The number of ether oxygens (including phenoxy) is 1. The molecular formula is C13H16N2O3. The summed E-state index contributed by atoms with van der Waals surface area (Å²) >= 11 is 0. The van der Waals surface area contributed by atoms with Gasteiger partial charge in [-0.2, -0.15) is 5.10 Å². The molecule has 5 nitrogen and oxygen atoms in total. The Labute approximate surface area is 105 Å². The van der Waals surface area contributed by atoms with Gasteiger partial charge < -0.3 is 4.74 Å². The van der Waals surface area contributed by atoms with Crippen LogP contribution in [0.3, 0.4) is 0 Å². The maximum Gasteiger partial charge on any atom is 0.316 e. The Morgan fingerprint density at radius 2 is 2.28 bits per heavy atom. The van der Waals surface area contributed by atoms with Crippen LogP contribution in [0.25, 0.3) is 5.57 Å². The van der Waals surface area contributed by atoms with Crippen LogP contribution in [0, 0.1) is 12.8 Å². The van der Waals surface area contributed by atoms with E-state index in [4.69, 9.17) is 0 Å². The Bertz CT molecular complexity index is 509. The van der Waals surface area contributed by atoms with Gasteiger partial charge in [-0.05, 0) is 37.0 Å². The van der Waals surface area contributed by atoms with Crippen LogP contribution in [0.2, 0.25) is 0 Å². The predicted octanol–water partition coefficient (Wildman–Crippen LogP) is 1.26. The second-order valence-corrected chi connectivity index (χ2v) is 4.49. The minimum atomic E-state index is -0.646. The van der Waals surface area contributed by atoms with Gasteiger partial charge in [0.2, 0.25) is 0 Å². The molecule has 2 rings (SSSR count). The monoisotopic (exact) mass is 248 g/mol. The molecule has 0 radical (unpaired) electrons. The molecule has 1 unspecified atom stereocenters. The molecule has 1 aromatic heterocycles. The van der Waals surface area contributed by atoms with Crippen molar-refractivity contribution in [3.05, 3.63) is 23.5 Å². The summed E-state index contributed by atoms with van der Waals surface area (Å²) in [7, 11) is 3.15. The SMILES string of the molecule is COC(=O)C1CCC(c2c(C)cnn2C)=CC1=O. The minimum Gasteiger partial charge on any atom is -0.468 e. The van der Waals surface area contributed by atoms with Gasteiger partial charge in [-0.15, -0.1) is 0 Å². The molecule has 96 valence electrons. The number of allylic oxidation sites excluding steroid dienone is 2. The van der Waals surface area contributed by atoms with Gasteiger partial charge in [0.25, 0.3) is 0 Å². The van der Waals surface area contributed by atoms with Crippen LogP contribution in [0.1, 0.15) is 24.1 Å². The molecule has 0 amide bonds. The maximum absolute atomic E-state index is 11.9. The molecule has 0 N–H and O–H groups in total. The van der Waals surface area contributed by atoms with Crippen molar-refractivity contribution in [1.29, 1.82) is 0 Å². The molecule has 1 atom stereocenters. The van der Waals surface area contributed by atoms with Crippen molar-refractivity contribution in [3.63, 3.8) is 0 Å². The molecular weight excluding hydrogens is 232 g/mol. The van der Waals surface area contributed by atoms with Crippen molar-refractivity contribution in [2.75, 3.05) is 7.11 Å². The fourth-order valence-corrected chi connectivity index (χ4v) is 2.36. The van der Waals surface area contributed by atoms with Crippen molar-refractivity contribution >= 4 is 17.3 Å². The third kappa shape index (κ3) is 2.08. The van der Waals surface area contributed by atoms with Crippen molar-refractivity contribution in [3.8, 4) is 0 Å². The molecule has 0 bridgehead atoms. The van der Waals surface area contributed by atoms with Gasteiger partial charge in [-0.3, -0.25) is 14.3 Å². The summed E-state index contributed by atoms with van der Waals surface area (Å²) in [6.45, 7) is 1.96. The van der Waals surface area contributed by atoms with Crippen molar-refractivity contribution < 1.29 is 14.3 Å². The van der Waals surface area contributed by atoms with Gasteiger partial charge in [0, 0.05) is 7.05 Å². The normalized spacial score (nSPS) is 19.6. The summed E-state index contributed by atoms with van der Waals surface area (Å²) in [5.74, 6) is -1.27. The third-order valence-electron chi connectivity index (χ3n) is 3.27. The largest absolute Gasteiger partial charge is 0.468 e. The van der Waals surface area contributed by atoms with E-state index in [1.54, 1.807) is 17.0 Å². The van der Waals surface area contributed by atoms with E-state index in [9.17, 15) is 9.59 Å². The standard InChI is InChI=1S/C13H16N2O3/c1-8-7-14-15(2)12(8)9-4-5-10(11(16)6-9)13(17)18-3/h6-7,10H,4-5H2,1-3H3. The van der Waals surface area contributed by atoms with Gasteiger partial charge in [-0.25, -0.2) is 0 Å². The Kier molecular flexibility index (Phi) is 3.32. The molecule has 1 aliphatic rings. The molecule has 0 saturated carbocycles. The first-order valence-corrected chi connectivity index (χ1v) is 5.85. The zero-order valence-corrected chi connectivity index (χ0v) is 10.8. The summed E-state index contributed by atoms with van der Waals surface area (Å²) in [5.41, 5.74) is 2.94. The smallest absolute Gasteiger partial charge is 0.316 e. The summed E-state index contributed by atoms with van der Waals surface area (Å²) in [5, 5.41) is 4.16. The van der Waals surface area contributed by atoms with E-state index in [2.05, 4.69) is 9.84 Å². The van der Waals surface area contributed by atoms with Gasteiger partial charge in [0.05, 0.1) is 19.0 Å². The van der Waals surface area contributed by atoms with E-state index in [0.717, 1.165) is 16.8 Å². The van der Waals surface area contributed by atoms with Crippen LogP contribution in [0.4, 0.5) is 0 Å². The minimum absolute atomic E-state index is 0.177. The Morgan fingerprint density at radius 3 is 2.78 bits per heavy atom. The lowest BCUT2D eigenvalue weighted by Crippen LogP contribution is -2.27. The second kappa shape index (κ2) is 4.76. The quantitative estimate of drug-likeness (QED) is 0.584. The molecule has 0 fully saturated rings. The summed E-state index contributed by atoms with van der Waals surface area (Å²) in [6, 6.07) is 0. The number of nitrogens with zero attached hydrogens (tertiary/aromatic N) is 2. The molecule has 0 aromatic carbocycles. The third-order valence-corrected chi connectivity index (χ3v) is 3.27. The van der Waals surface area contributed by atoms with Crippen LogP contribution in [-0.4, -0.2) is 28.6 Å². The lowest BCUT2D eigenvalue weighted by molar-refractivity contribution is -0.148. The van der Waals surface area contributed by atoms with E-state index in [1.165, 1.54) is 7.11 Å². The van der Waals surface area contributed by atoms with Crippen LogP contribution in [0.15, 0.2) is 12.3 Å². The number of hydrogen-bond donors (Lipinski definition) is 0. The van der Waals surface area contributed by atoms with Crippen molar-refractivity contribution in [2.45, 2.75) is 19.8 Å². The van der Waals surface area contributed by atoms with Crippen LogP contribution in [-0.2, 0) is 21.4 Å². The highest BCUT2D eigenvalue weighted by Crippen LogP contribution is 2.30. The van der Waals surface area contributed by atoms with Crippen LogP contribution < -0.4 is 0 Å². The average Bonchev–Trinajstić information content (AvgIpc) is 2.68. The van der Waals surface area contributed by atoms with Gasteiger partial charge in [0.15, 0.2) is 5.78 Å². The van der Waals surface area contributed by atoms with Gasteiger partial charge in [0.1, 0.15) is 5.92 Å². The van der Waals surface area contributed by atoms with E-state index < -0.39 is 11.9 Å². The van der Waals surface area contributed by atoms with Crippen molar-refractivity contribution in [2.24, 2.45) is 13.0 Å². The number of rotatable bonds is 2. The molecule has 0 spiro atoms. The van der Waals surface area contributed by atoms with E-state index in [0.29, 0.717) is 12.8 Å². The number of hydrogen-bond acceptors (Lipinski definition) is 4. The molecule has 1 aromatic rings. The number of ketones is 1. The fraction of sp³-hybridized carbons (Fsp3) is 0.462. The highest BCUT2D eigenvalue weighted by atomic mass is 16.5. The average molecular weight is 248 g/mol. The summed E-state index contributed by atoms with van der Waals surface area (Å²) in [4.78, 5) is 23.3. The Balaban J connectivity index is 2.30. The van der Waals surface area contributed by atoms with Gasteiger partial charge >= 0.3 is 5.97 Å². The number of methoxy groups -OCH3 is 1. The molecule has 0 aliphatic heterocycles. The molecule has 1 heterocycles. The number of aryl methyl sites for hydroxylation is 2. The molecule has 5 heteroatoms. The fourth-order valence-electron chi connectivity index (χ4n) is 2.36. The maximum atomic E-state index is 11.9. The highest BCUT2D eigenvalue weighted by molar-refractivity contribution is 6.09. The first kappa shape index (κ1) is 12.5. The first-order valence-electron chi connectivity index (χ1n) is 5.85. The number of carbonyl (C=O) groups is 2. The predicted molar refractivity (Wildman–Crippen MR) is 65.7 cm³/mol. The van der Waals surface area contributed by atoms with Crippen LogP contribution >= 0.6 is 0 Å². The molecule has 1 aliphatic carbocycles. The van der Waals surface area contributed by atoms with Crippen LogP contribution in [0.5, 0.6) is 0 Å². The number of carbonyl (C=O) groups excluding carboxylic acids is 2. The highest BCUT2D eigenvalue weighted by Gasteiger charge is 2.30. The zero-order valence-electron chi connectivity index (χ0n) is 10.8. The second-order valence-electron chi connectivity index (χ2n) is 4.49. The van der Waals surface area contributed by atoms with Crippen molar-refractivity contribution in [1.82, 2.24) is 9.78 Å². The molecule has 18 heavy (non-hydrogen) atoms. The zero-order chi connectivity index (χ0) is 13.3. The Hall–Kier alpha value is -1.91. The molecule has 0 saturated heterocycles. The summed E-state index contributed by atoms with van der Waals surface area (Å²) < 4.78 is 6.38. The summed E-state index contributed by atoms with van der Waals surface area (Å²) in [6.07, 6.45) is 4.51.